The molecule has 1 fully saturated rings. The highest BCUT2D eigenvalue weighted by molar-refractivity contribution is 7.89. The van der Waals surface area contributed by atoms with E-state index in [9.17, 15) is 8.42 Å². The smallest absolute Gasteiger partial charge is 0.243 e. The molecule has 0 saturated carbocycles. The Labute approximate surface area is 132 Å². The molecule has 0 bridgehead atoms. The lowest BCUT2D eigenvalue weighted by molar-refractivity contribution is 0.357. The van der Waals surface area contributed by atoms with Crippen molar-refractivity contribution in [3.8, 4) is 0 Å². The zero-order valence-electron chi connectivity index (χ0n) is 13.0. The van der Waals surface area contributed by atoms with Crippen LogP contribution < -0.4 is 5.32 Å². The molecule has 21 heavy (non-hydrogen) atoms. The molecule has 1 N–H and O–H groups in total. The third-order valence-corrected chi connectivity index (χ3v) is 6.78. The third kappa shape index (κ3) is 4.26. The Morgan fingerprint density at radius 3 is 2.90 bits per heavy atom. The first-order chi connectivity index (χ1) is 9.93. The van der Waals surface area contributed by atoms with E-state index in [4.69, 9.17) is 0 Å². The first kappa shape index (κ1) is 16.9. The average molecular weight is 332 g/mol. The minimum Gasteiger partial charge on any atom is -0.312 e. The van der Waals surface area contributed by atoms with Gasteiger partial charge in [-0.05, 0) is 38.5 Å². The highest BCUT2D eigenvalue weighted by Crippen LogP contribution is 2.24. The van der Waals surface area contributed by atoms with Crippen LogP contribution in [0.1, 0.15) is 18.2 Å². The van der Waals surface area contributed by atoms with E-state index in [1.165, 1.54) is 15.6 Å². The summed E-state index contributed by atoms with van der Waals surface area (Å²) in [7, 11) is 0.423. The van der Waals surface area contributed by atoms with Gasteiger partial charge < -0.3 is 10.2 Å². The van der Waals surface area contributed by atoms with E-state index in [0.717, 1.165) is 37.5 Å². The molecule has 7 heteroatoms. The van der Waals surface area contributed by atoms with E-state index < -0.39 is 10.0 Å². The van der Waals surface area contributed by atoms with Crippen LogP contribution in [-0.2, 0) is 16.6 Å². The number of rotatable bonds is 7. The molecule has 1 aliphatic heterocycles. The fraction of sp³-hybridized carbons (Fsp3) is 0.714. The lowest BCUT2D eigenvalue weighted by atomic mass is 10.1. The van der Waals surface area contributed by atoms with Crippen LogP contribution in [0.5, 0.6) is 0 Å². The van der Waals surface area contributed by atoms with E-state index in [-0.39, 0.29) is 0 Å². The topological polar surface area (TPSA) is 52.7 Å². The molecule has 1 aromatic heterocycles. The third-order valence-electron chi connectivity index (χ3n) is 3.89. The van der Waals surface area contributed by atoms with E-state index >= 15 is 0 Å². The molecule has 1 saturated heterocycles. The average Bonchev–Trinajstić information content (AvgIpc) is 3.06. The highest BCUT2D eigenvalue weighted by Gasteiger charge is 2.27. The Balaban J connectivity index is 2.01. The van der Waals surface area contributed by atoms with E-state index in [1.54, 1.807) is 18.5 Å². The van der Waals surface area contributed by atoms with Crippen LogP contribution in [0.4, 0.5) is 0 Å². The molecule has 0 amide bonds. The minimum atomic E-state index is -3.35. The normalized spacial score (nSPS) is 20.5. The van der Waals surface area contributed by atoms with Gasteiger partial charge in [-0.2, -0.15) is 0 Å². The van der Waals surface area contributed by atoms with Crippen LogP contribution in [-0.4, -0.2) is 57.9 Å². The number of thiophene rings is 1. The number of hydrogen-bond acceptors (Lipinski definition) is 5. The first-order valence-corrected chi connectivity index (χ1v) is 9.68. The molecule has 1 atom stereocenters. The highest BCUT2D eigenvalue weighted by atomic mass is 32.2. The lowest BCUT2D eigenvalue weighted by Crippen LogP contribution is -2.32. The molecular weight excluding hydrogens is 306 g/mol. The Bertz CT molecular complexity index is 556. The molecule has 0 radical (unpaired) electrons. The van der Waals surface area contributed by atoms with Gasteiger partial charge in [-0.25, -0.2) is 12.7 Å². The van der Waals surface area contributed by atoms with Crippen molar-refractivity contribution in [2.45, 2.75) is 24.8 Å². The SMILES string of the molecule is CCNCc1cc(S(=O)(=O)N(C)CC2CCN(C)C2)cs1. The maximum Gasteiger partial charge on any atom is 0.243 e. The van der Waals surface area contributed by atoms with Gasteiger partial charge in [0.15, 0.2) is 0 Å². The number of sulfonamides is 1. The van der Waals surface area contributed by atoms with Gasteiger partial charge >= 0.3 is 0 Å². The van der Waals surface area contributed by atoms with Crippen LogP contribution in [0.25, 0.3) is 0 Å². The molecule has 0 aliphatic carbocycles. The van der Waals surface area contributed by atoms with Crippen molar-refractivity contribution in [1.29, 1.82) is 0 Å². The van der Waals surface area contributed by atoms with E-state index in [0.29, 0.717) is 17.4 Å². The quantitative estimate of drug-likeness (QED) is 0.821. The molecule has 1 unspecified atom stereocenters. The maximum absolute atomic E-state index is 12.6. The Kier molecular flexibility index (Phi) is 5.79. The molecule has 2 heterocycles. The van der Waals surface area contributed by atoms with Gasteiger partial charge in [0, 0.05) is 36.9 Å². The van der Waals surface area contributed by atoms with E-state index in [2.05, 4.69) is 17.3 Å². The van der Waals surface area contributed by atoms with Gasteiger partial charge in [-0.15, -0.1) is 11.3 Å². The molecule has 120 valence electrons. The van der Waals surface area contributed by atoms with Crippen LogP contribution >= 0.6 is 11.3 Å². The number of hydrogen-bond donors (Lipinski definition) is 1. The molecule has 2 rings (SSSR count). The molecule has 1 aromatic rings. The van der Waals surface area contributed by atoms with E-state index in [1.807, 2.05) is 6.92 Å². The summed E-state index contributed by atoms with van der Waals surface area (Å²) >= 11 is 1.50. The second-order valence-electron chi connectivity index (χ2n) is 5.73. The van der Waals surface area contributed by atoms with Crippen molar-refractivity contribution < 1.29 is 8.42 Å². The summed E-state index contributed by atoms with van der Waals surface area (Å²) in [6.45, 7) is 6.30. The summed E-state index contributed by atoms with van der Waals surface area (Å²) in [5, 5.41) is 4.97. The van der Waals surface area contributed by atoms with Gasteiger partial charge in [-0.3, -0.25) is 0 Å². The summed E-state index contributed by atoms with van der Waals surface area (Å²) in [6.07, 6.45) is 1.08. The fourth-order valence-corrected chi connectivity index (χ4v) is 5.13. The van der Waals surface area contributed by atoms with Gasteiger partial charge in [0.2, 0.25) is 10.0 Å². The van der Waals surface area contributed by atoms with Gasteiger partial charge in [0.25, 0.3) is 0 Å². The lowest BCUT2D eigenvalue weighted by Gasteiger charge is -2.20. The van der Waals surface area contributed by atoms with Crippen LogP contribution in [0, 0.1) is 5.92 Å². The summed E-state index contributed by atoms with van der Waals surface area (Å²) in [4.78, 5) is 3.74. The molecular formula is C14H25N3O2S2. The Morgan fingerprint density at radius 2 is 2.29 bits per heavy atom. The standard InChI is InChI=1S/C14H25N3O2S2/c1-4-15-8-13-7-14(11-20-13)21(18,19)17(3)10-12-5-6-16(2)9-12/h7,11-12,15H,4-6,8-10H2,1-3H3. The Hall–Kier alpha value is -0.470. The predicted molar refractivity (Wildman–Crippen MR) is 87.1 cm³/mol. The minimum absolute atomic E-state index is 0.425. The zero-order chi connectivity index (χ0) is 15.5. The van der Waals surface area contributed by atoms with Crippen LogP contribution in [0.3, 0.4) is 0 Å². The van der Waals surface area contributed by atoms with Crippen molar-refractivity contribution in [1.82, 2.24) is 14.5 Å². The first-order valence-electron chi connectivity index (χ1n) is 7.36. The van der Waals surface area contributed by atoms with Crippen LogP contribution in [0.15, 0.2) is 16.3 Å². The monoisotopic (exact) mass is 331 g/mol. The molecule has 5 nitrogen and oxygen atoms in total. The second kappa shape index (κ2) is 7.19. The molecule has 0 spiro atoms. The van der Waals surface area contributed by atoms with Gasteiger partial charge in [-0.1, -0.05) is 6.92 Å². The number of likely N-dealkylation sites (tertiary alicyclic amines) is 1. The van der Waals surface area contributed by atoms with Crippen LogP contribution in [0.2, 0.25) is 0 Å². The van der Waals surface area contributed by atoms with Crippen molar-refractivity contribution in [2.24, 2.45) is 5.92 Å². The number of nitrogens with zero attached hydrogens (tertiary/aromatic N) is 2. The maximum atomic E-state index is 12.6. The van der Waals surface area contributed by atoms with Crippen molar-refractivity contribution in [3.05, 3.63) is 16.3 Å². The second-order valence-corrected chi connectivity index (χ2v) is 8.77. The Morgan fingerprint density at radius 1 is 1.52 bits per heavy atom. The zero-order valence-corrected chi connectivity index (χ0v) is 14.6. The number of nitrogens with one attached hydrogen (secondary N) is 1. The summed E-state index contributed by atoms with van der Waals surface area (Å²) < 4.78 is 26.7. The van der Waals surface area contributed by atoms with Gasteiger partial charge in [0.05, 0.1) is 4.90 Å². The summed E-state index contributed by atoms with van der Waals surface area (Å²) in [6, 6.07) is 1.79. The predicted octanol–water partition coefficient (Wildman–Crippen LogP) is 1.43. The van der Waals surface area contributed by atoms with Crippen molar-refractivity contribution >= 4 is 21.4 Å². The summed E-state index contributed by atoms with van der Waals surface area (Å²) in [5.74, 6) is 0.439. The van der Waals surface area contributed by atoms with Crippen molar-refractivity contribution in [3.63, 3.8) is 0 Å². The van der Waals surface area contributed by atoms with Crippen molar-refractivity contribution in [2.75, 3.05) is 40.3 Å². The fourth-order valence-electron chi connectivity index (χ4n) is 2.65. The largest absolute Gasteiger partial charge is 0.312 e. The molecule has 1 aliphatic rings. The van der Waals surface area contributed by atoms with Gasteiger partial charge in [0.1, 0.15) is 0 Å². The summed E-state index contributed by atoms with van der Waals surface area (Å²) in [5.41, 5.74) is 0. The molecule has 0 aromatic carbocycles.